The first kappa shape index (κ1) is 22.2. The molecule has 3 aromatic carbocycles. The number of ether oxygens (including phenoxy) is 1. The molecule has 2 saturated heterocycles. The molecule has 8 heteroatoms. The van der Waals surface area contributed by atoms with Crippen LogP contribution in [0.15, 0.2) is 66.7 Å². The monoisotopic (exact) mass is 505 g/mol. The number of imide groups is 1. The highest BCUT2D eigenvalue weighted by molar-refractivity contribution is 6.37. The second-order valence-electron chi connectivity index (χ2n) is 8.93. The van der Waals surface area contributed by atoms with Crippen molar-refractivity contribution in [2.24, 2.45) is 11.8 Å². The van der Waals surface area contributed by atoms with Gasteiger partial charge >= 0.3 is 0 Å². The summed E-state index contributed by atoms with van der Waals surface area (Å²) in [6.07, 6.45) is -1.000. The first-order valence-corrected chi connectivity index (χ1v) is 11.8. The van der Waals surface area contributed by atoms with Crippen molar-refractivity contribution in [3.63, 3.8) is 0 Å². The second-order valence-corrected chi connectivity index (χ2v) is 9.77. The summed E-state index contributed by atoms with van der Waals surface area (Å²) in [4.78, 5) is 56.4. The summed E-state index contributed by atoms with van der Waals surface area (Å²) >= 11 is 12.3. The Kier molecular flexibility index (Phi) is 4.81. The summed E-state index contributed by atoms with van der Waals surface area (Å²) in [5.41, 5.74) is -0.337. The normalized spacial score (nSPS) is 24.4. The van der Waals surface area contributed by atoms with Crippen LogP contribution in [0.25, 0.3) is 0 Å². The molecular formula is C27H17Cl2NO5. The number of rotatable bonds is 2. The Bertz CT molecular complexity index is 1430. The highest BCUT2D eigenvalue weighted by Gasteiger charge is 2.74. The van der Waals surface area contributed by atoms with Crippen LogP contribution in [0.4, 0.5) is 5.69 Å². The molecule has 3 atom stereocenters. The van der Waals surface area contributed by atoms with Gasteiger partial charge in [-0.3, -0.25) is 19.2 Å². The van der Waals surface area contributed by atoms with Gasteiger partial charge in [0.05, 0.1) is 23.6 Å². The third-order valence-electron chi connectivity index (χ3n) is 7.20. The summed E-state index contributed by atoms with van der Waals surface area (Å²) < 4.78 is 6.25. The number of amides is 2. The molecule has 2 fully saturated rings. The first-order valence-electron chi connectivity index (χ1n) is 11.0. The number of ketones is 2. The van der Waals surface area contributed by atoms with E-state index in [4.69, 9.17) is 27.9 Å². The number of anilines is 1. The van der Waals surface area contributed by atoms with E-state index >= 15 is 0 Å². The Hall–Kier alpha value is -3.32. The topological polar surface area (TPSA) is 80.8 Å². The van der Waals surface area contributed by atoms with Gasteiger partial charge in [-0.1, -0.05) is 65.7 Å². The van der Waals surface area contributed by atoms with Crippen molar-refractivity contribution in [2.45, 2.75) is 18.6 Å². The molecule has 6 rings (SSSR count). The van der Waals surface area contributed by atoms with Crippen molar-refractivity contribution >= 4 is 52.3 Å². The zero-order chi connectivity index (χ0) is 24.6. The largest absolute Gasteiger partial charge is 0.349 e. The first-order chi connectivity index (χ1) is 16.8. The van der Waals surface area contributed by atoms with E-state index in [1.165, 1.54) is 0 Å². The number of carbonyl (C=O) groups is 4. The number of carbonyl (C=O) groups excluding carboxylic acids is 4. The molecule has 0 saturated carbocycles. The Morgan fingerprint density at radius 1 is 0.800 bits per heavy atom. The Balaban J connectivity index is 1.56. The Labute approximate surface area is 210 Å². The highest BCUT2D eigenvalue weighted by Crippen LogP contribution is 2.58. The van der Waals surface area contributed by atoms with Gasteiger partial charge in [0.25, 0.3) is 0 Å². The molecule has 2 aliphatic heterocycles. The lowest BCUT2D eigenvalue weighted by atomic mass is 9.77. The van der Waals surface area contributed by atoms with E-state index in [2.05, 4.69) is 0 Å². The Morgan fingerprint density at radius 3 is 2.06 bits per heavy atom. The van der Waals surface area contributed by atoms with Gasteiger partial charge in [0.15, 0.2) is 0 Å². The van der Waals surface area contributed by atoms with E-state index in [-0.39, 0.29) is 11.1 Å². The summed E-state index contributed by atoms with van der Waals surface area (Å²) in [5.74, 6) is -4.80. The van der Waals surface area contributed by atoms with Crippen LogP contribution in [0.5, 0.6) is 0 Å². The minimum absolute atomic E-state index is 0.186. The van der Waals surface area contributed by atoms with Crippen molar-refractivity contribution < 1.29 is 23.9 Å². The molecule has 174 valence electrons. The van der Waals surface area contributed by atoms with E-state index in [0.29, 0.717) is 26.9 Å². The molecular weight excluding hydrogens is 489 g/mol. The predicted molar refractivity (Wildman–Crippen MR) is 129 cm³/mol. The quantitative estimate of drug-likeness (QED) is 0.361. The average molecular weight is 506 g/mol. The van der Waals surface area contributed by atoms with E-state index < -0.39 is 46.9 Å². The summed E-state index contributed by atoms with van der Waals surface area (Å²) in [6.45, 7) is 1.71. The lowest BCUT2D eigenvalue weighted by molar-refractivity contribution is -0.127. The molecule has 2 amide bonds. The number of nitrogens with zero attached hydrogens (tertiary/aromatic N) is 1. The van der Waals surface area contributed by atoms with Crippen molar-refractivity contribution in [1.29, 1.82) is 0 Å². The molecule has 0 N–H and O–H groups in total. The maximum atomic E-state index is 14.0. The number of hydrogen-bond donors (Lipinski definition) is 0. The molecule has 3 aliphatic rings. The maximum absolute atomic E-state index is 14.0. The minimum Gasteiger partial charge on any atom is -0.349 e. The highest BCUT2D eigenvalue weighted by atomic mass is 35.5. The molecule has 0 unspecified atom stereocenters. The molecule has 1 spiro atoms. The smallest absolute Gasteiger partial charge is 0.241 e. The lowest BCUT2D eigenvalue weighted by Crippen LogP contribution is -2.51. The van der Waals surface area contributed by atoms with Gasteiger partial charge in [0.2, 0.25) is 29.0 Å². The van der Waals surface area contributed by atoms with E-state index in [1.807, 2.05) is 0 Å². The molecule has 3 aromatic rings. The van der Waals surface area contributed by atoms with Crippen LogP contribution in [0.2, 0.25) is 10.0 Å². The van der Waals surface area contributed by atoms with Crippen LogP contribution in [0.1, 0.15) is 37.9 Å². The average Bonchev–Trinajstić information content (AvgIpc) is 3.42. The van der Waals surface area contributed by atoms with Crippen LogP contribution in [0.3, 0.4) is 0 Å². The van der Waals surface area contributed by atoms with Gasteiger partial charge in [-0.25, -0.2) is 4.90 Å². The molecule has 1 aliphatic carbocycles. The van der Waals surface area contributed by atoms with E-state index in [9.17, 15) is 19.2 Å². The standard InChI is InChI=1S/C27H17Cl2NO5/c1-13-18(29)7-4-8-19(13)30-25(33)20-21(26(30)34)27(35-22(20)14-9-11-15(28)12-10-14)23(31)16-5-2-3-6-17(16)24(27)32/h2-12,20-22H,1H3/t20-,21+,22+/m1/s1. The zero-order valence-electron chi connectivity index (χ0n) is 18.3. The SMILES string of the molecule is Cc1c(Cl)cccc1N1C(=O)[C@@H]2[C@@H](C1=O)C1(O[C@H]2c2ccc(Cl)cc2)C(=O)c2ccccc2C1=O. The van der Waals surface area contributed by atoms with Crippen molar-refractivity contribution in [1.82, 2.24) is 0 Å². The molecule has 0 bridgehead atoms. The molecule has 0 radical (unpaired) electrons. The molecule has 0 aromatic heterocycles. The third-order valence-corrected chi connectivity index (χ3v) is 7.86. The number of hydrogen-bond acceptors (Lipinski definition) is 5. The van der Waals surface area contributed by atoms with Crippen LogP contribution in [-0.4, -0.2) is 29.0 Å². The van der Waals surface area contributed by atoms with Crippen LogP contribution in [-0.2, 0) is 14.3 Å². The van der Waals surface area contributed by atoms with Crippen LogP contribution in [0, 0.1) is 18.8 Å². The number of fused-ring (bicyclic) bond motifs is 3. The fraction of sp³-hybridized carbons (Fsp3) is 0.185. The number of halogens is 2. The lowest BCUT2D eigenvalue weighted by Gasteiger charge is -2.27. The molecule has 2 heterocycles. The predicted octanol–water partition coefficient (Wildman–Crippen LogP) is 5.00. The van der Waals surface area contributed by atoms with Crippen molar-refractivity contribution in [3.05, 3.63) is 99.0 Å². The summed E-state index contributed by atoms with van der Waals surface area (Å²) in [6, 6.07) is 17.9. The minimum atomic E-state index is -2.12. The van der Waals surface area contributed by atoms with E-state index in [0.717, 1.165) is 4.90 Å². The second kappa shape index (κ2) is 7.59. The van der Waals surface area contributed by atoms with Gasteiger partial charge in [-0.05, 0) is 42.3 Å². The van der Waals surface area contributed by atoms with Crippen LogP contribution < -0.4 is 4.90 Å². The summed E-state index contributed by atoms with van der Waals surface area (Å²) in [5, 5.41) is 0.865. The maximum Gasteiger partial charge on any atom is 0.241 e. The van der Waals surface area contributed by atoms with Crippen LogP contribution >= 0.6 is 23.2 Å². The van der Waals surface area contributed by atoms with Gasteiger partial charge in [0, 0.05) is 21.2 Å². The Morgan fingerprint density at radius 2 is 1.43 bits per heavy atom. The summed E-state index contributed by atoms with van der Waals surface area (Å²) in [7, 11) is 0. The fourth-order valence-corrected chi connectivity index (χ4v) is 5.84. The van der Waals surface area contributed by atoms with Crippen molar-refractivity contribution in [3.8, 4) is 0 Å². The third kappa shape index (κ3) is 2.82. The number of benzene rings is 3. The van der Waals surface area contributed by atoms with Crippen molar-refractivity contribution in [2.75, 3.05) is 4.90 Å². The zero-order valence-corrected chi connectivity index (χ0v) is 19.8. The van der Waals surface area contributed by atoms with Gasteiger partial charge in [-0.15, -0.1) is 0 Å². The van der Waals surface area contributed by atoms with Gasteiger partial charge in [0.1, 0.15) is 0 Å². The molecule has 6 nitrogen and oxygen atoms in total. The molecule has 35 heavy (non-hydrogen) atoms. The van der Waals surface area contributed by atoms with Gasteiger partial charge in [-0.2, -0.15) is 0 Å². The fourth-order valence-electron chi connectivity index (χ4n) is 5.55. The van der Waals surface area contributed by atoms with E-state index in [1.54, 1.807) is 73.7 Å². The number of Topliss-reactive ketones (excluding diaryl/α,β-unsaturated/α-hetero) is 2. The van der Waals surface area contributed by atoms with Gasteiger partial charge < -0.3 is 4.74 Å².